The van der Waals surface area contributed by atoms with E-state index in [0.717, 1.165) is 17.2 Å². The summed E-state index contributed by atoms with van der Waals surface area (Å²) in [5.74, 6) is 1.43. The van der Waals surface area contributed by atoms with E-state index in [1.807, 2.05) is 31.2 Å². The molecule has 0 aliphatic heterocycles. The summed E-state index contributed by atoms with van der Waals surface area (Å²) in [5, 5.41) is 6.67. The zero-order valence-corrected chi connectivity index (χ0v) is 14.3. The first-order valence-corrected chi connectivity index (χ1v) is 8.08. The van der Waals surface area contributed by atoms with Crippen LogP contribution in [-0.2, 0) is 6.54 Å². The van der Waals surface area contributed by atoms with E-state index in [-0.39, 0.29) is 0 Å². The van der Waals surface area contributed by atoms with Crippen LogP contribution in [0.25, 0.3) is 0 Å². The third kappa shape index (κ3) is 4.10. The fourth-order valence-electron chi connectivity index (χ4n) is 2.45. The molecule has 1 heterocycles. The summed E-state index contributed by atoms with van der Waals surface area (Å²) >= 11 is 0. The second-order valence-corrected chi connectivity index (χ2v) is 6.00. The van der Waals surface area contributed by atoms with Crippen molar-refractivity contribution in [3.8, 4) is 0 Å². The van der Waals surface area contributed by atoms with Gasteiger partial charge in [-0.25, -0.2) is 4.98 Å². The van der Waals surface area contributed by atoms with Gasteiger partial charge in [-0.2, -0.15) is 4.98 Å². The van der Waals surface area contributed by atoms with Crippen molar-refractivity contribution >= 4 is 17.5 Å². The third-order valence-electron chi connectivity index (χ3n) is 3.83. The number of nitrogens with zero attached hydrogens (tertiary/aromatic N) is 2. The van der Waals surface area contributed by atoms with Gasteiger partial charge in [0, 0.05) is 24.0 Å². The number of anilines is 3. The predicted molar refractivity (Wildman–Crippen MR) is 99.7 cm³/mol. The standard InChI is InChI=1S/C20H22N4/c1-14-8-10-17(11-9-14)13-21-20-22-16(3)12-19(24-20)23-18-7-5-4-6-15(18)2/h4-12H,13H2,1-3H3,(H2,21,22,23,24). The number of benzene rings is 2. The van der Waals surface area contributed by atoms with E-state index in [4.69, 9.17) is 0 Å². The second kappa shape index (κ2) is 7.13. The van der Waals surface area contributed by atoms with Crippen LogP contribution in [0.15, 0.2) is 54.6 Å². The van der Waals surface area contributed by atoms with E-state index >= 15 is 0 Å². The Labute approximate surface area is 143 Å². The van der Waals surface area contributed by atoms with Gasteiger partial charge in [0.25, 0.3) is 0 Å². The van der Waals surface area contributed by atoms with Crippen molar-refractivity contribution in [1.29, 1.82) is 0 Å². The molecule has 122 valence electrons. The molecule has 0 radical (unpaired) electrons. The molecule has 2 N–H and O–H groups in total. The van der Waals surface area contributed by atoms with Gasteiger partial charge in [0.15, 0.2) is 0 Å². The molecule has 0 unspecified atom stereocenters. The van der Waals surface area contributed by atoms with Crippen molar-refractivity contribution in [3.63, 3.8) is 0 Å². The summed E-state index contributed by atoms with van der Waals surface area (Å²) in [7, 11) is 0. The minimum absolute atomic E-state index is 0.631. The van der Waals surface area contributed by atoms with Gasteiger partial charge in [0.1, 0.15) is 5.82 Å². The Bertz CT molecular complexity index is 825. The topological polar surface area (TPSA) is 49.8 Å². The lowest BCUT2D eigenvalue weighted by molar-refractivity contribution is 1.03. The lowest BCUT2D eigenvalue weighted by Gasteiger charge is -2.11. The number of nitrogens with one attached hydrogen (secondary N) is 2. The zero-order chi connectivity index (χ0) is 16.9. The molecule has 3 rings (SSSR count). The van der Waals surface area contributed by atoms with Crippen molar-refractivity contribution in [1.82, 2.24) is 9.97 Å². The van der Waals surface area contributed by atoms with Gasteiger partial charge in [-0.3, -0.25) is 0 Å². The summed E-state index contributed by atoms with van der Waals surface area (Å²) in [4.78, 5) is 9.04. The molecule has 0 amide bonds. The van der Waals surface area contributed by atoms with E-state index in [1.54, 1.807) is 0 Å². The molecule has 0 aliphatic rings. The molecule has 3 aromatic rings. The Morgan fingerprint density at radius 1 is 0.875 bits per heavy atom. The van der Waals surface area contributed by atoms with E-state index in [1.165, 1.54) is 16.7 Å². The van der Waals surface area contributed by atoms with E-state index in [0.29, 0.717) is 12.5 Å². The van der Waals surface area contributed by atoms with Crippen molar-refractivity contribution in [2.75, 3.05) is 10.6 Å². The molecule has 0 spiro atoms. The molecule has 2 aromatic carbocycles. The third-order valence-corrected chi connectivity index (χ3v) is 3.83. The number of hydrogen-bond donors (Lipinski definition) is 2. The number of aromatic nitrogens is 2. The average molecular weight is 318 g/mol. The molecule has 0 bridgehead atoms. The van der Waals surface area contributed by atoms with E-state index in [2.05, 4.69) is 64.8 Å². The molecular weight excluding hydrogens is 296 g/mol. The Balaban J connectivity index is 1.74. The summed E-state index contributed by atoms with van der Waals surface area (Å²) < 4.78 is 0. The SMILES string of the molecule is Cc1ccc(CNc2nc(C)cc(Nc3ccccc3C)n2)cc1. The molecule has 0 saturated heterocycles. The summed E-state index contributed by atoms with van der Waals surface area (Å²) in [6, 6.07) is 18.6. The monoisotopic (exact) mass is 318 g/mol. The first-order valence-electron chi connectivity index (χ1n) is 8.08. The molecule has 0 fully saturated rings. The van der Waals surface area contributed by atoms with Crippen LogP contribution >= 0.6 is 0 Å². The fraction of sp³-hybridized carbons (Fsp3) is 0.200. The summed E-state index contributed by atoms with van der Waals surface area (Å²) in [6.07, 6.45) is 0. The first kappa shape index (κ1) is 16.0. The molecule has 4 nitrogen and oxygen atoms in total. The molecule has 24 heavy (non-hydrogen) atoms. The smallest absolute Gasteiger partial charge is 0.225 e. The van der Waals surface area contributed by atoms with Crippen LogP contribution in [0, 0.1) is 20.8 Å². The Kier molecular flexibility index (Phi) is 4.75. The van der Waals surface area contributed by atoms with Crippen molar-refractivity contribution in [3.05, 3.63) is 77.0 Å². The van der Waals surface area contributed by atoms with Crippen molar-refractivity contribution in [2.45, 2.75) is 27.3 Å². The van der Waals surface area contributed by atoms with Crippen LogP contribution in [-0.4, -0.2) is 9.97 Å². The highest BCUT2D eigenvalue weighted by molar-refractivity contribution is 5.61. The van der Waals surface area contributed by atoms with E-state index < -0.39 is 0 Å². The van der Waals surface area contributed by atoms with Crippen LogP contribution in [0.1, 0.15) is 22.4 Å². The van der Waals surface area contributed by atoms with Gasteiger partial charge in [0.2, 0.25) is 5.95 Å². The van der Waals surface area contributed by atoms with Crippen LogP contribution in [0.2, 0.25) is 0 Å². The lowest BCUT2D eigenvalue weighted by atomic mass is 10.1. The minimum Gasteiger partial charge on any atom is -0.350 e. The number of aryl methyl sites for hydroxylation is 3. The lowest BCUT2D eigenvalue weighted by Crippen LogP contribution is -2.06. The van der Waals surface area contributed by atoms with Crippen LogP contribution in [0.5, 0.6) is 0 Å². The maximum absolute atomic E-state index is 4.57. The Morgan fingerprint density at radius 3 is 2.38 bits per heavy atom. The highest BCUT2D eigenvalue weighted by Gasteiger charge is 2.04. The van der Waals surface area contributed by atoms with Gasteiger partial charge in [-0.15, -0.1) is 0 Å². The van der Waals surface area contributed by atoms with Crippen molar-refractivity contribution in [2.24, 2.45) is 0 Å². The molecule has 0 aliphatic carbocycles. The molecule has 1 aromatic heterocycles. The number of hydrogen-bond acceptors (Lipinski definition) is 4. The largest absolute Gasteiger partial charge is 0.350 e. The first-order chi connectivity index (χ1) is 11.6. The fourth-order valence-corrected chi connectivity index (χ4v) is 2.45. The number of para-hydroxylation sites is 1. The van der Waals surface area contributed by atoms with Crippen LogP contribution < -0.4 is 10.6 Å². The average Bonchev–Trinajstić information content (AvgIpc) is 2.56. The van der Waals surface area contributed by atoms with Gasteiger partial charge in [0.05, 0.1) is 0 Å². The van der Waals surface area contributed by atoms with Gasteiger partial charge in [-0.1, -0.05) is 48.0 Å². The molecule has 4 heteroatoms. The maximum atomic E-state index is 4.57. The second-order valence-electron chi connectivity index (χ2n) is 6.00. The van der Waals surface area contributed by atoms with E-state index in [9.17, 15) is 0 Å². The quantitative estimate of drug-likeness (QED) is 0.712. The Morgan fingerprint density at radius 2 is 1.62 bits per heavy atom. The van der Waals surface area contributed by atoms with Crippen LogP contribution in [0.3, 0.4) is 0 Å². The highest BCUT2D eigenvalue weighted by Crippen LogP contribution is 2.20. The van der Waals surface area contributed by atoms with Crippen LogP contribution in [0.4, 0.5) is 17.5 Å². The molecule has 0 saturated carbocycles. The predicted octanol–water partition coefficient (Wildman–Crippen LogP) is 4.76. The van der Waals surface area contributed by atoms with Crippen molar-refractivity contribution < 1.29 is 0 Å². The van der Waals surface area contributed by atoms with Gasteiger partial charge in [-0.05, 0) is 38.0 Å². The Hall–Kier alpha value is -2.88. The van der Waals surface area contributed by atoms with Gasteiger partial charge < -0.3 is 10.6 Å². The molecular formula is C20H22N4. The normalized spacial score (nSPS) is 10.5. The van der Waals surface area contributed by atoms with Gasteiger partial charge >= 0.3 is 0 Å². The summed E-state index contributed by atoms with van der Waals surface area (Å²) in [6.45, 7) is 6.84. The molecule has 0 atom stereocenters. The summed E-state index contributed by atoms with van der Waals surface area (Å²) in [5.41, 5.74) is 5.63. The highest BCUT2D eigenvalue weighted by atomic mass is 15.1. The zero-order valence-electron chi connectivity index (χ0n) is 14.3. The minimum atomic E-state index is 0.631. The number of rotatable bonds is 5. The maximum Gasteiger partial charge on any atom is 0.225 e.